The Morgan fingerprint density at radius 3 is 2.27 bits per heavy atom. The van der Waals surface area contributed by atoms with Crippen LogP contribution >= 0.6 is 0 Å². The van der Waals surface area contributed by atoms with Gasteiger partial charge >= 0.3 is 0 Å². The molecule has 204 valence electrons. The maximum Gasteiger partial charge on any atom is 0.291 e. The van der Waals surface area contributed by atoms with Crippen LogP contribution in [-0.2, 0) is 6.42 Å². The molecule has 1 N–H and O–H groups in total. The number of nitro benzene ring substituents is 1. The summed E-state index contributed by atoms with van der Waals surface area (Å²) in [4.78, 5) is 40.8. The number of carbonyl (C=O) groups excluding carboxylic acids is 2. The number of carbonyl (C=O) groups is 2. The molecule has 1 aromatic heterocycles. The van der Waals surface area contributed by atoms with Gasteiger partial charge in [0.2, 0.25) is 0 Å². The van der Waals surface area contributed by atoms with Gasteiger partial charge in [0, 0.05) is 49.2 Å². The number of rotatable bonds is 7. The third kappa shape index (κ3) is 5.73. The van der Waals surface area contributed by atoms with Crippen molar-refractivity contribution in [1.82, 2.24) is 4.90 Å². The predicted octanol–water partition coefficient (Wildman–Crippen LogP) is 5.94. The summed E-state index contributed by atoms with van der Waals surface area (Å²) in [5.74, 6) is -0.0897. The van der Waals surface area contributed by atoms with E-state index in [1.165, 1.54) is 17.7 Å². The molecule has 0 saturated carbocycles. The van der Waals surface area contributed by atoms with Crippen LogP contribution in [0.3, 0.4) is 0 Å². The zero-order valence-corrected chi connectivity index (χ0v) is 22.4. The SMILES string of the molecule is CCc1ccc(C(=O)N2CCN(c3ccc(NC(=O)c4ccc(-c5ccc(C)cc5[N+](=O)[O-])o4)cc3)CC2)cc1. The van der Waals surface area contributed by atoms with Crippen molar-refractivity contribution < 1.29 is 18.9 Å². The Morgan fingerprint density at radius 2 is 1.62 bits per heavy atom. The normalized spacial score (nSPS) is 13.2. The molecular formula is C31H30N4O5. The Balaban J connectivity index is 1.18. The van der Waals surface area contributed by atoms with Gasteiger partial charge in [0.1, 0.15) is 5.76 Å². The number of benzene rings is 3. The van der Waals surface area contributed by atoms with E-state index in [0.29, 0.717) is 43.0 Å². The van der Waals surface area contributed by atoms with Crippen molar-refractivity contribution in [2.24, 2.45) is 0 Å². The maximum absolute atomic E-state index is 12.9. The lowest BCUT2D eigenvalue weighted by Gasteiger charge is -2.36. The summed E-state index contributed by atoms with van der Waals surface area (Å²) in [6.07, 6.45) is 0.945. The molecule has 0 atom stereocenters. The summed E-state index contributed by atoms with van der Waals surface area (Å²) in [5.41, 5.74) is 4.52. The number of piperazine rings is 1. The number of nitro groups is 1. The van der Waals surface area contributed by atoms with E-state index < -0.39 is 10.8 Å². The van der Waals surface area contributed by atoms with Gasteiger partial charge in [-0.05, 0) is 79.1 Å². The van der Waals surface area contributed by atoms with E-state index >= 15 is 0 Å². The zero-order valence-electron chi connectivity index (χ0n) is 22.4. The van der Waals surface area contributed by atoms with Crippen LogP contribution in [-0.4, -0.2) is 47.8 Å². The van der Waals surface area contributed by atoms with Crippen LogP contribution in [0.5, 0.6) is 0 Å². The zero-order chi connectivity index (χ0) is 28.2. The molecule has 2 amide bonds. The summed E-state index contributed by atoms with van der Waals surface area (Å²) >= 11 is 0. The maximum atomic E-state index is 12.9. The molecule has 5 rings (SSSR count). The Bertz CT molecular complexity index is 1530. The molecular weight excluding hydrogens is 508 g/mol. The van der Waals surface area contributed by atoms with Crippen LogP contribution in [0.1, 0.15) is 39.0 Å². The van der Waals surface area contributed by atoms with Gasteiger partial charge in [0.25, 0.3) is 17.5 Å². The monoisotopic (exact) mass is 538 g/mol. The lowest BCUT2D eigenvalue weighted by Crippen LogP contribution is -2.48. The second-order valence-electron chi connectivity index (χ2n) is 9.77. The van der Waals surface area contributed by atoms with E-state index in [4.69, 9.17) is 4.42 Å². The molecule has 1 aliphatic rings. The molecule has 1 fully saturated rings. The average Bonchev–Trinajstić information content (AvgIpc) is 3.48. The third-order valence-corrected chi connectivity index (χ3v) is 7.11. The number of nitrogens with one attached hydrogen (secondary N) is 1. The number of nitrogens with zero attached hydrogens (tertiary/aromatic N) is 3. The smallest absolute Gasteiger partial charge is 0.291 e. The molecule has 1 aliphatic heterocycles. The van der Waals surface area contributed by atoms with Gasteiger partial charge in [-0.15, -0.1) is 0 Å². The van der Waals surface area contributed by atoms with Crippen molar-refractivity contribution in [2.45, 2.75) is 20.3 Å². The first kappa shape index (κ1) is 26.7. The van der Waals surface area contributed by atoms with Gasteiger partial charge in [-0.25, -0.2) is 0 Å². The number of amides is 2. The van der Waals surface area contributed by atoms with E-state index in [1.807, 2.05) is 53.4 Å². The molecule has 0 aliphatic carbocycles. The molecule has 0 radical (unpaired) electrons. The number of hydrogen-bond donors (Lipinski definition) is 1. The molecule has 40 heavy (non-hydrogen) atoms. The van der Waals surface area contributed by atoms with Crippen molar-refractivity contribution in [2.75, 3.05) is 36.4 Å². The van der Waals surface area contributed by atoms with Crippen LogP contribution in [0.25, 0.3) is 11.3 Å². The van der Waals surface area contributed by atoms with Gasteiger partial charge in [-0.3, -0.25) is 19.7 Å². The average molecular weight is 539 g/mol. The first-order chi connectivity index (χ1) is 19.3. The topological polar surface area (TPSA) is 109 Å². The van der Waals surface area contributed by atoms with Crippen molar-refractivity contribution in [3.05, 3.63) is 111 Å². The summed E-state index contributed by atoms with van der Waals surface area (Å²) in [6.45, 7) is 6.56. The van der Waals surface area contributed by atoms with Crippen molar-refractivity contribution >= 4 is 28.9 Å². The van der Waals surface area contributed by atoms with Crippen molar-refractivity contribution in [3.63, 3.8) is 0 Å². The quantitative estimate of drug-likeness (QED) is 0.230. The van der Waals surface area contributed by atoms with Gasteiger partial charge in [0.15, 0.2) is 5.76 Å². The lowest BCUT2D eigenvalue weighted by molar-refractivity contribution is -0.384. The first-order valence-corrected chi connectivity index (χ1v) is 13.2. The number of furan rings is 1. The van der Waals surface area contributed by atoms with Crippen LogP contribution in [0.2, 0.25) is 0 Å². The molecule has 2 heterocycles. The first-order valence-electron chi connectivity index (χ1n) is 13.2. The highest BCUT2D eigenvalue weighted by Gasteiger charge is 2.23. The Hall–Kier alpha value is -4.92. The molecule has 9 heteroatoms. The van der Waals surface area contributed by atoms with Crippen molar-refractivity contribution in [1.29, 1.82) is 0 Å². The van der Waals surface area contributed by atoms with E-state index in [1.54, 1.807) is 25.1 Å². The number of hydrogen-bond acceptors (Lipinski definition) is 6. The van der Waals surface area contributed by atoms with Crippen LogP contribution in [0.4, 0.5) is 17.1 Å². The fourth-order valence-electron chi connectivity index (χ4n) is 4.79. The van der Waals surface area contributed by atoms with Crippen LogP contribution in [0, 0.1) is 17.0 Å². The van der Waals surface area contributed by atoms with E-state index in [9.17, 15) is 19.7 Å². The number of anilines is 2. The highest BCUT2D eigenvalue weighted by atomic mass is 16.6. The van der Waals surface area contributed by atoms with E-state index in [-0.39, 0.29) is 23.1 Å². The van der Waals surface area contributed by atoms with Gasteiger partial charge in [-0.1, -0.05) is 25.1 Å². The minimum absolute atomic E-state index is 0.0541. The van der Waals surface area contributed by atoms with E-state index in [0.717, 1.165) is 17.7 Å². The minimum Gasteiger partial charge on any atom is -0.451 e. The highest BCUT2D eigenvalue weighted by Crippen LogP contribution is 2.32. The molecule has 3 aromatic carbocycles. The van der Waals surface area contributed by atoms with Gasteiger partial charge < -0.3 is 19.5 Å². The van der Waals surface area contributed by atoms with Gasteiger partial charge in [0.05, 0.1) is 10.5 Å². The molecule has 9 nitrogen and oxygen atoms in total. The number of aryl methyl sites for hydroxylation is 2. The Morgan fingerprint density at radius 1 is 0.925 bits per heavy atom. The fourth-order valence-corrected chi connectivity index (χ4v) is 4.79. The molecule has 1 saturated heterocycles. The highest BCUT2D eigenvalue weighted by molar-refractivity contribution is 6.02. The van der Waals surface area contributed by atoms with Crippen LogP contribution < -0.4 is 10.2 Å². The molecule has 0 spiro atoms. The van der Waals surface area contributed by atoms with Crippen molar-refractivity contribution in [3.8, 4) is 11.3 Å². The molecule has 0 bridgehead atoms. The van der Waals surface area contributed by atoms with Crippen LogP contribution in [0.15, 0.2) is 83.3 Å². The summed E-state index contributed by atoms with van der Waals surface area (Å²) in [6, 6.07) is 23.2. The Kier molecular flexibility index (Phi) is 7.63. The second-order valence-corrected chi connectivity index (χ2v) is 9.77. The minimum atomic E-state index is -0.463. The summed E-state index contributed by atoms with van der Waals surface area (Å²) in [7, 11) is 0. The van der Waals surface area contributed by atoms with Gasteiger partial charge in [-0.2, -0.15) is 0 Å². The molecule has 0 unspecified atom stereocenters. The largest absolute Gasteiger partial charge is 0.451 e. The van der Waals surface area contributed by atoms with E-state index in [2.05, 4.69) is 17.1 Å². The lowest BCUT2D eigenvalue weighted by atomic mass is 10.1. The third-order valence-electron chi connectivity index (χ3n) is 7.11. The fraction of sp³-hybridized carbons (Fsp3) is 0.226. The summed E-state index contributed by atoms with van der Waals surface area (Å²) < 4.78 is 5.67. The predicted molar refractivity (Wildman–Crippen MR) is 154 cm³/mol. The standard InChI is InChI=1S/C31H30N4O5/c1-3-22-5-7-23(8-6-22)31(37)34-18-16-33(17-19-34)25-11-9-24(10-12-25)32-30(36)29-15-14-28(40-29)26-13-4-21(2)20-27(26)35(38)39/h4-15,20H,3,16-19H2,1-2H3,(H,32,36). The molecule has 4 aromatic rings. The summed E-state index contributed by atoms with van der Waals surface area (Å²) in [5, 5.41) is 14.3. The Labute approximate surface area is 232 Å². The second kappa shape index (κ2) is 11.4.